The summed E-state index contributed by atoms with van der Waals surface area (Å²) in [7, 11) is 0. The van der Waals surface area contributed by atoms with E-state index in [1.165, 1.54) is 0 Å². The quantitative estimate of drug-likeness (QED) is 0.557. The first-order chi connectivity index (χ1) is 4.43. The Kier molecular flexibility index (Phi) is 2.29. The van der Waals surface area contributed by atoms with Gasteiger partial charge in [-0.2, -0.15) is 0 Å². The highest BCUT2D eigenvalue weighted by molar-refractivity contribution is 9.12. The molecule has 0 aliphatic rings. The van der Waals surface area contributed by atoms with E-state index in [0.717, 1.165) is 5.69 Å². The molecule has 0 aliphatic carbocycles. The first-order valence-electron chi connectivity index (χ1n) is 2.46. The lowest BCUT2D eigenvalue weighted by Crippen LogP contribution is -1.76. The molecule has 0 aliphatic heterocycles. The monoisotopic (exact) mass is 181 g/mol. The third-order valence-electron chi connectivity index (χ3n) is 0.840. The Hall–Kier alpha value is -0.810. The van der Waals surface area contributed by atoms with Crippen molar-refractivity contribution in [1.29, 1.82) is 0 Å². The summed E-state index contributed by atoms with van der Waals surface area (Å²) >= 11 is 2.98. The van der Waals surface area contributed by atoms with Crippen LogP contribution in [0.3, 0.4) is 0 Å². The summed E-state index contributed by atoms with van der Waals surface area (Å²) in [6, 6.07) is 5.62. The summed E-state index contributed by atoms with van der Waals surface area (Å²) < 4.78 is 0. The maximum atomic E-state index is 3.96. The van der Waals surface area contributed by atoms with Crippen molar-refractivity contribution in [2.75, 3.05) is 0 Å². The molecule has 1 nitrogen and oxygen atoms in total. The van der Waals surface area contributed by atoms with Crippen molar-refractivity contribution >= 4 is 15.9 Å². The molecule has 1 heterocycles. The van der Waals surface area contributed by atoms with Gasteiger partial charge in [0.05, 0.1) is 0 Å². The zero-order valence-electron chi connectivity index (χ0n) is 4.63. The average Bonchev–Trinajstić information content (AvgIpc) is 1.91. The van der Waals surface area contributed by atoms with Gasteiger partial charge in [-0.3, -0.25) is 0 Å². The predicted molar refractivity (Wildman–Crippen MR) is 40.0 cm³/mol. The summed E-state index contributed by atoms with van der Waals surface area (Å²) in [5.41, 5.74) is 0.786. The molecule has 0 N–H and O–H groups in total. The van der Waals surface area contributed by atoms with Crippen LogP contribution in [0.25, 0.3) is 0 Å². The van der Waals surface area contributed by atoms with Gasteiger partial charge in [-0.1, -0.05) is 6.07 Å². The van der Waals surface area contributed by atoms with Crippen molar-refractivity contribution in [3.05, 3.63) is 30.1 Å². The van der Waals surface area contributed by atoms with Crippen LogP contribution in [0.2, 0.25) is 0 Å². The molecular formula is C7H4BrN. The van der Waals surface area contributed by atoms with Gasteiger partial charge in [-0.15, -0.1) is 0 Å². The second-order valence-corrected chi connectivity index (χ2v) is 1.83. The lowest BCUT2D eigenvalue weighted by atomic mass is 10.4. The van der Waals surface area contributed by atoms with Gasteiger partial charge in [0, 0.05) is 22.1 Å². The maximum Gasteiger partial charge on any atom is 0.114 e. The zero-order valence-corrected chi connectivity index (χ0v) is 6.22. The molecule has 0 unspecified atom stereocenters. The van der Waals surface area contributed by atoms with Crippen LogP contribution in [-0.2, 0) is 0 Å². The summed E-state index contributed by atoms with van der Waals surface area (Å²) in [5, 5.41) is 0. The fourth-order valence-electron chi connectivity index (χ4n) is 0.485. The molecule has 0 atom stereocenters. The van der Waals surface area contributed by atoms with Crippen LogP contribution in [0.1, 0.15) is 5.69 Å². The maximum absolute atomic E-state index is 3.96. The van der Waals surface area contributed by atoms with E-state index >= 15 is 0 Å². The summed E-state index contributed by atoms with van der Waals surface area (Å²) in [5.74, 6) is 2.76. The van der Waals surface area contributed by atoms with E-state index in [9.17, 15) is 0 Å². The molecule has 0 bridgehead atoms. The van der Waals surface area contributed by atoms with E-state index in [1.54, 1.807) is 6.20 Å². The van der Waals surface area contributed by atoms with Crippen molar-refractivity contribution in [2.24, 2.45) is 0 Å². The number of rotatable bonds is 0. The van der Waals surface area contributed by atoms with Gasteiger partial charge in [-0.05, 0) is 22.9 Å². The van der Waals surface area contributed by atoms with Crippen molar-refractivity contribution in [1.82, 2.24) is 4.98 Å². The van der Waals surface area contributed by atoms with Crippen molar-refractivity contribution in [3.8, 4) is 10.8 Å². The second-order valence-electron chi connectivity index (χ2n) is 1.43. The van der Waals surface area contributed by atoms with Gasteiger partial charge in [-0.25, -0.2) is 4.98 Å². The third kappa shape index (κ3) is 1.87. The predicted octanol–water partition coefficient (Wildman–Crippen LogP) is 1.79. The Balaban J connectivity index is 2.94. The molecule has 9 heavy (non-hydrogen) atoms. The van der Waals surface area contributed by atoms with Crippen molar-refractivity contribution in [3.63, 3.8) is 0 Å². The molecule has 0 saturated carbocycles. The lowest BCUT2D eigenvalue weighted by molar-refractivity contribution is 1.29. The van der Waals surface area contributed by atoms with Crippen molar-refractivity contribution < 1.29 is 0 Å². The molecule has 0 radical (unpaired) electrons. The number of aromatic nitrogens is 1. The lowest BCUT2D eigenvalue weighted by Gasteiger charge is -1.82. The summed E-state index contributed by atoms with van der Waals surface area (Å²) in [4.78, 5) is 6.55. The summed E-state index contributed by atoms with van der Waals surface area (Å²) in [6.45, 7) is 0. The first kappa shape index (κ1) is 6.31. The minimum absolute atomic E-state index is 0.786. The Morgan fingerprint density at radius 2 is 2.33 bits per heavy atom. The molecule has 0 fully saturated rings. The largest absolute Gasteiger partial charge is 0.248 e. The highest BCUT2D eigenvalue weighted by atomic mass is 79.9. The molecule has 0 amide bonds. The van der Waals surface area contributed by atoms with E-state index in [-0.39, 0.29) is 0 Å². The van der Waals surface area contributed by atoms with Gasteiger partial charge >= 0.3 is 0 Å². The standard InChI is InChI=1S/C7H4BrN/c8-5-4-7-3-1-2-6-9-7/h1-3,6H. The fraction of sp³-hybridized carbons (Fsp3) is 0. The SMILES string of the molecule is BrC#Cc1ccccn1. The average molecular weight is 182 g/mol. The Morgan fingerprint density at radius 3 is 2.89 bits per heavy atom. The van der Waals surface area contributed by atoms with Crippen LogP contribution in [0.15, 0.2) is 24.4 Å². The molecule has 2 heteroatoms. The second kappa shape index (κ2) is 3.26. The Labute approximate surface area is 62.2 Å². The van der Waals surface area contributed by atoms with Crippen LogP contribution in [0.5, 0.6) is 0 Å². The number of hydrogen-bond acceptors (Lipinski definition) is 1. The van der Waals surface area contributed by atoms with Crippen LogP contribution in [0, 0.1) is 10.8 Å². The zero-order chi connectivity index (χ0) is 6.53. The fourth-order valence-corrected chi connectivity index (χ4v) is 0.688. The van der Waals surface area contributed by atoms with Gasteiger partial charge < -0.3 is 0 Å². The highest BCUT2D eigenvalue weighted by Crippen LogP contribution is 1.89. The third-order valence-corrected chi connectivity index (χ3v) is 1.04. The van der Waals surface area contributed by atoms with E-state index < -0.39 is 0 Å². The van der Waals surface area contributed by atoms with Crippen LogP contribution < -0.4 is 0 Å². The van der Waals surface area contributed by atoms with Crippen LogP contribution in [-0.4, -0.2) is 4.98 Å². The molecule has 1 aromatic rings. The van der Waals surface area contributed by atoms with E-state index in [2.05, 4.69) is 31.7 Å². The minimum atomic E-state index is 0.786. The Bertz CT molecular complexity index is 232. The van der Waals surface area contributed by atoms with Gasteiger partial charge in [0.1, 0.15) is 5.69 Å². The minimum Gasteiger partial charge on any atom is -0.248 e. The molecule has 1 aromatic heterocycles. The molecular weight excluding hydrogens is 178 g/mol. The van der Waals surface area contributed by atoms with Gasteiger partial charge in [0.15, 0.2) is 0 Å². The number of halogens is 1. The topological polar surface area (TPSA) is 12.9 Å². The van der Waals surface area contributed by atoms with E-state index in [1.807, 2.05) is 18.2 Å². The number of hydrogen-bond donors (Lipinski definition) is 0. The molecule has 0 saturated heterocycles. The first-order valence-corrected chi connectivity index (χ1v) is 3.25. The number of nitrogens with zero attached hydrogens (tertiary/aromatic N) is 1. The van der Waals surface area contributed by atoms with Gasteiger partial charge in [0.2, 0.25) is 0 Å². The molecule has 0 aromatic carbocycles. The molecule has 44 valence electrons. The molecule has 0 spiro atoms. The van der Waals surface area contributed by atoms with Gasteiger partial charge in [0.25, 0.3) is 0 Å². The smallest absolute Gasteiger partial charge is 0.114 e. The van der Waals surface area contributed by atoms with Crippen LogP contribution in [0.4, 0.5) is 0 Å². The van der Waals surface area contributed by atoms with Crippen molar-refractivity contribution in [2.45, 2.75) is 0 Å². The number of pyridine rings is 1. The highest BCUT2D eigenvalue weighted by Gasteiger charge is 1.79. The van der Waals surface area contributed by atoms with Crippen LogP contribution >= 0.6 is 15.9 Å². The van der Waals surface area contributed by atoms with E-state index in [0.29, 0.717) is 0 Å². The normalized spacial score (nSPS) is 7.67. The Morgan fingerprint density at radius 1 is 1.44 bits per heavy atom. The summed E-state index contributed by atoms with van der Waals surface area (Å²) in [6.07, 6.45) is 1.71. The van der Waals surface area contributed by atoms with E-state index in [4.69, 9.17) is 0 Å². The molecule has 1 rings (SSSR count).